The Hall–Kier alpha value is -0.260. The van der Waals surface area contributed by atoms with E-state index in [4.69, 9.17) is 0 Å². The van der Waals surface area contributed by atoms with Crippen LogP contribution in [-0.4, -0.2) is 0 Å². The molecule has 0 amide bonds. The molecular weight excluding hydrogens is 156 g/mol. The second-order valence-electron chi connectivity index (χ2n) is 4.96. The molecule has 0 bridgehead atoms. The van der Waals surface area contributed by atoms with Crippen LogP contribution in [0.4, 0.5) is 0 Å². The molecule has 0 aromatic heterocycles. The van der Waals surface area contributed by atoms with Crippen LogP contribution in [0.2, 0.25) is 0 Å². The Balaban J connectivity index is 3.73. The summed E-state index contributed by atoms with van der Waals surface area (Å²) in [6.45, 7) is 11.5. The van der Waals surface area contributed by atoms with Crippen molar-refractivity contribution in [1.82, 2.24) is 0 Å². The van der Waals surface area contributed by atoms with Crippen LogP contribution in [-0.2, 0) is 0 Å². The molecule has 78 valence electrons. The molecule has 0 saturated carbocycles. The maximum Gasteiger partial charge on any atom is -0.0262 e. The van der Waals surface area contributed by atoms with E-state index in [1.54, 1.807) is 0 Å². The zero-order valence-corrected chi connectivity index (χ0v) is 10.1. The molecule has 0 aliphatic heterocycles. The van der Waals surface area contributed by atoms with Crippen molar-refractivity contribution in [3.8, 4) is 0 Å². The summed E-state index contributed by atoms with van der Waals surface area (Å²) in [5.74, 6) is 0.751. The van der Waals surface area contributed by atoms with Crippen LogP contribution in [0.3, 0.4) is 0 Å². The van der Waals surface area contributed by atoms with E-state index in [0.29, 0.717) is 5.41 Å². The Morgan fingerprint density at radius 2 is 1.85 bits per heavy atom. The van der Waals surface area contributed by atoms with Crippen molar-refractivity contribution in [2.45, 2.75) is 60.3 Å². The van der Waals surface area contributed by atoms with Gasteiger partial charge in [0.25, 0.3) is 0 Å². The van der Waals surface area contributed by atoms with Crippen LogP contribution >= 0.6 is 0 Å². The first-order chi connectivity index (χ1) is 6.02. The highest BCUT2D eigenvalue weighted by Gasteiger charge is 2.16. The molecule has 0 aliphatic carbocycles. The van der Waals surface area contributed by atoms with E-state index in [1.807, 2.05) is 0 Å². The van der Waals surface area contributed by atoms with Gasteiger partial charge < -0.3 is 0 Å². The quantitative estimate of drug-likeness (QED) is 0.517. The van der Waals surface area contributed by atoms with Crippen molar-refractivity contribution >= 4 is 0 Å². The third-order valence-corrected chi connectivity index (χ3v) is 2.72. The number of rotatable bonds is 6. The van der Waals surface area contributed by atoms with Crippen LogP contribution in [0, 0.1) is 11.3 Å². The van der Waals surface area contributed by atoms with Crippen LogP contribution in [0.1, 0.15) is 60.3 Å². The Morgan fingerprint density at radius 3 is 2.31 bits per heavy atom. The van der Waals surface area contributed by atoms with Gasteiger partial charge >= 0.3 is 0 Å². The topological polar surface area (TPSA) is 0 Å². The summed E-state index contributed by atoms with van der Waals surface area (Å²) < 4.78 is 0. The van der Waals surface area contributed by atoms with Gasteiger partial charge in [-0.25, -0.2) is 0 Å². The fourth-order valence-corrected chi connectivity index (χ4v) is 1.84. The lowest BCUT2D eigenvalue weighted by Crippen LogP contribution is -2.11. The van der Waals surface area contributed by atoms with Crippen molar-refractivity contribution in [2.24, 2.45) is 11.3 Å². The summed E-state index contributed by atoms with van der Waals surface area (Å²) in [6.07, 6.45) is 9.82. The fourth-order valence-electron chi connectivity index (χ4n) is 1.84. The van der Waals surface area contributed by atoms with Crippen molar-refractivity contribution in [3.05, 3.63) is 12.2 Å². The molecule has 1 unspecified atom stereocenters. The summed E-state index contributed by atoms with van der Waals surface area (Å²) in [4.78, 5) is 0. The monoisotopic (exact) mass is 182 g/mol. The molecule has 0 saturated heterocycles. The van der Waals surface area contributed by atoms with Crippen molar-refractivity contribution in [1.29, 1.82) is 0 Å². The molecular formula is C13H26. The van der Waals surface area contributed by atoms with Gasteiger partial charge in [-0.3, -0.25) is 0 Å². The second kappa shape index (κ2) is 6.23. The van der Waals surface area contributed by atoms with Crippen molar-refractivity contribution in [2.75, 3.05) is 0 Å². The molecule has 0 aromatic carbocycles. The SMILES string of the molecule is CC=CC(C)CCC(C)(C)CCC. The average Bonchev–Trinajstić information content (AvgIpc) is 2.02. The molecule has 1 atom stereocenters. The van der Waals surface area contributed by atoms with Crippen molar-refractivity contribution in [3.63, 3.8) is 0 Å². The maximum absolute atomic E-state index is 2.39. The lowest BCUT2D eigenvalue weighted by Gasteiger charge is -2.24. The van der Waals surface area contributed by atoms with Crippen LogP contribution in [0.5, 0.6) is 0 Å². The van der Waals surface area contributed by atoms with Crippen molar-refractivity contribution < 1.29 is 0 Å². The van der Waals surface area contributed by atoms with E-state index < -0.39 is 0 Å². The molecule has 0 aromatic rings. The Bertz CT molecular complexity index is 142. The standard InChI is InChI=1S/C13H26/c1-6-8-12(3)9-11-13(4,5)10-7-2/h6,8,12H,7,9-11H2,1-5H3. The summed E-state index contributed by atoms with van der Waals surface area (Å²) in [7, 11) is 0. The minimum atomic E-state index is 0.546. The summed E-state index contributed by atoms with van der Waals surface area (Å²) >= 11 is 0. The van der Waals surface area contributed by atoms with Gasteiger partial charge in [-0.15, -0.1) is 0 Å². The Labute approximate surface area is 84.4 Å². The molecule has 0 heteroatoms. The van der Waals surface area contributed by atoms with E-state index in [1.165, 1.54) is 25.7 Å². The number of hydrogen-bond acceptors (Lipinski definition) is 0. The highest BCUT2D eigenvalue weighted by Crippen LogP contribution is 2.29. The molecule has 0 spiro atoms. The van der Waals surface area contributed by atoms with Gasteiger partial charge in [0, 0.05) is 0 Å². The first-order valence-electron chi connectivity index (χ1n) is 5.64. The van der Waals surface area contributed by atoms with Crippen LogP contribution in [0.25, 0.3) is 0 Å². The van der Waals surface area contributed by atoms with Gasteiger partial charge in [0.15, 0.2) is 0 Å². The van der Waals surface area contributed by atoms with Gasteiger partial charge in [0.2, 0.25) is 0 Å². The number of hydrogen-bond donors (Lipinski definition) is 0. The third kappa shape index (κ3) is 6.86. The average molecular weight is 182 g/mol. The highest BCUT2D eigenvalue weighted by atomic mass is 14.2. The molecule has 0 fully saturated rings. The smallest absolute Gasteiger partial charge is 0.0262 e. The first kappa shape index (κ1) is 12.7. The molecule has 0 heterocycles. The minimum Gasteiger partial charge on any atom is -0.0914 e. The lowest BCUT2D eigenvalue weighted by molar-refractivity contribution is 0.284. The highest BCUT2D eigenvalue weighted by molar-refractivity contribution is 4.84. The third-order valence-electron chi connectivity index (χ3n) is 2.72. The lowest BCUT2D eigenvalue weighted by atomic mass is 9.81. The van der Waals surface area contributed by atoms with E-state index in [0.717, 1.165) is 5.92 Å². The summed E-state index contributed by atoms with van der Waals surface area (Å²) in [6, 6.07) is 0. The minimum absolute atomic E-state index is 0.546. The van der Waals surface area contributed by atoms with E-state index in [2.05, 4.69) is 46.8 Å². The number of allylic oxidation sites excluding steroid dienone is 2. The predicted molar refractivity (Wildman–Crippen MR) is 61.9 cm³/mol. The molecule has 13 heavy (non-hydrogen) atoms. The normalized spacial score (nSPS) is 15.2. The van der Waals surface area contributed by atoms with Gasteiger partial charge in [0.1, 0.15) is 0 Å². The summed E-state index contributed by atoms with van der Waals surface area (Å²) in [5, 5.41) is 0. The van der Waals surface area contributed by atoms with E-state index >= 15 is 0 Å². The predicted octanol–water partition coefficient (Wildman–Crippen LogP) is 4.81. The summed E-state index contributed by atoms with van der Waals surface area (Å²) in [5.41, 5.74) is 0.546. The van der Waals surface area contributed by atoms with Crippen LogP contribution in [0.15, 0.2) is 12.2 Å². The maximum atomic E-state index is 2.39. The molecule has 0 radical (unpaired) electrons. The Morgan fingerprint density at radius 1 is 1.23 bits per heavy atom. The molecule has 0 aliphatic rings. The van der Waals surface area contributed by atoms with E-state index in [9.17, 15) is 0 Å². The zero-order valence-electron chi connectivity index (χ0n) is 10.1. The van der Waals surface area contributed by atoms with Crippen LogP contribution < -0.4 is 0 Å². The zero-order chi connectivity index (χ0) is 10.3. The molecule has 0 N–H and O–H groups in total. The largest absolute Gasteiger partial charge is 0.0914 e. The molecule has 0 rings (SSSR count). The van der Waals surface area contributed by atoms with Gasteiger partial charge in [-0.05, 0) is 37.5 Å². The first-order valence-corrected chi connectivity index (χ1v) is 5.64. The second-order valence-corrected chi connectivity index (χ2v) is 4.96. The fraction of sp³-hybridized carbons (Fsp3) is 0.846. The van der Waals surface area contributed by atoms with Gasteiger partial charge in [-0.1, -0.05) is 46.3 Å². The van der Waals surface area contributed by atoms with E-state index in [-0.39, 0.29) is 0 Å². The van der Waals surface area contributed by atoms with Gasteiger partial charge in [0.05, 0.1) is 0 Å². The molecule has 0 nitrogen and oxygen atoms in total. The Kier molecular flexibility index (Phi) is 6.11. The van der Waals surface area contributed by atoms with Gasteiger partial charge in [-0.2, -0.15) is 0 Å².